The van der Waals surface area contributed by atoms with E-state index in [-0.39, 0.29) is 5.41 Å². The van der Waals surface area contributed by atoms with E-state index in [2.05, 4.69) is 72.7 Å². The van der Waals surface area contributed by atoms with Crippen LogP contribution in [0, 0.1) is 11.3 Å². The van der Waals surface area contributed by atoms with E-state index in [1.807, 2.05) is 6.07 Å². The van der Waals surface area contributed by atoms with Crippen molar-refractivity contribution in [2.75, 3.05) is 20.1 Å². The van der Waals surface area contributed by atoms with Crippen molar-refractivity contribution in [1.29, 1.82) is 5.26 Å². The molecule has 0 radical (unpaired) electrons. The van der Waals surface area contributed by atoms with Crippen LogP contribution < -0.4 is 5.32 Å². The average Bonchev–Trinajstić information content (AvgIpc) is 2.67. The molecule has 0 amide bonds. The summed E-state index contributed by atoms with van der Waals surface area (Å²) in [5.74, 6) is 0. The highest BCUT2D eigenvalue weighted by molar-refractivity contribution is 5.46. The first-order chi connectivity index (χ1) is 12.6. The second kappa shape index (κ2) is 6.87. The number of likely N-dealkylation sites (N-methyl/N-ethyl adjacent to an activating group) is 1. The molecular formula is C23H27N3. The molecule has 0 aromatic heterocycles. The van der Waals surface area contributed by atoms with E-state index >= 15 is 0 Å². The smallest absolute Gasteiger partial charge is 0.0991 e. The van der Waals surface area contributed by atoms with Gasteiger partial charge in [-0.2, -0.15) is 5.26 Å². The number of fused-ring (bicyclic) bond motifs is 4. The Morgan fingerprint density at radius 3 is 2.81 bits per heavy atom. The maximum absolute atomic E-state index is 9.35. The third kappa shape index (κ3) is 2.94. The highest BCUT2D eigenvalue weighted by atomic mass is 15.2. The van der Waals surface area contributed by atoms with E-state index in [4.69, 9.17) is 0 Å². The monoisotopic (exact) mass is 345 g/mol. The number of piperidine rings is 1. The highest BCUT2D eigenvalue weighted by Gasteiger charge is 2.49. The normalized spacial score (nSPS) is 27.6. The van der Waals surface area contributed by atoms with Gasteiger partial charge in [-0.15, -0.1) is 0 Å². The summed E-state index contributed by atoms with van der Waals surface area (Å²) in [6.07, 6.45) is 3.25. The molecule has 2 aromatic rings. The van der Waals surface area contributed by atoms with E-state index in [0.29, 0.717) is 12.1 Å². The quantitative estimate of drug-likeness (QED) is 0.924. The van der Waals surface area contributed by atoms with Gasteiger partial charge < -0.3 is 10.2 Å². The molecule has 1 fully saturated rings. The zero-order chi connectivity index (χ0) is 18.1. The lowest BCUT2D eigenvalue weighted by atomic mass is 9.61. The van der Waals surface area contributed by atoms with E-state index < -0.39 is 0 Å². The summed E-state index contributed by atoms with van der Waals surface area (Å²) in [6.45, 7) is 4.50. The number of nitrogens with zero attached hydrogens (tertiary/aromatic N) is 2. The number of hydrogen-bond donors (Lipinski definition) is 1. The van der Waals surface area contributed by atoms with Crippen LogP contribution in [0.1, 0.15) is 35.6 Å². The molecule has 2 bridgehead atoms. The summed E-state index contributed by atoms with van der Waals surface area (Å²) in [4.78, 5) is 2.52. The Labute approximate surface area is 156 Å². The lowest BCUT2D eigenvalue weighted by Gasteiger charge is -2.55. The van der Waals surface area contributed by atoms with Crippen LogP contribution in [0.15, 0.2) is 48.5 Å². The van der Waals surface area contributed by atoms with Crippen molar-refractivity contribution in [2.45, 2.75) is 43.7 Å². The van der Waals surface area contributed by atoms with Gasteiger partial charge in [0.2, 0.25) is 0 Å². The predicted octanol–water partition coefficient (Wildman–Crippen LogP) is 3.28. The number of nitrogens with one attached hydrogen (secondary N) is 1. The molecule has 1 N–H and O–H groups in total. The average molecular weight is 345 g/mol. The maximum atomic E-state index is 9.35. The van der Waals surface area contributed by atoms with Crippen LogP contribution in [0.4, 0.5) is 0 Å². The third-order valence-corrected chi connectivity index (χ3v) is 6.53. The summed E-state index contributed by atoms with van der Waals surface area (Å²) in [5, 5.41) is 13.2. The Bertz CT molecular complexity index is 823. The number of rotatable bonds is 4. The standard InChI is InChI=1S/C23H27N3/c1-23-11-13-26(2)21(15-19-9-8-18(16-24)14-20(19)23)22(23)25-12-10-17-6-4-3-5-7-17/h3-9,14,21-22,25H,10-13,15H2,1-2H3/t21-,22+,23+/m1/s1. The van der Waals surface area contributed by atoms with Gasteiger partial charge in [0, 0.05) is 17.5 Å². The van der Waals surface area contributed by atoms with Gasteiger partial charge in [0.05, 0.1) is 11.6 Å². The van der Waals surface area contributed by atoms with Gasteiger partial charge >= 0.3 is 0 Å². The molecular weight excluding hydrogens is 318 g/mol. The number of nitriles is 1. The van der Waals surface area contributed by atoms with Crippen molar-refractivity contribution in [3.8, 4) is 6.07 Å². The number of benzene rings is 2. The molecule has 2 aromatic carbocycles. The van der Waals surface area contributed by atoms with E-state index in [1.54, 1.807) is 0 Å². The van der Waals surface area contributed by atoms with Crippen molar-refractivity contribution in [3.63, 3.8) is 0 Å². The zero-order valence-corrected chi connectivity index (χ0v) is 15.7. The molecule has 1 aliphatic carbocycles. The number of hydrogen-bond acceptors (Lipinski definition) is 3. The van der Waals surface area contributed by atoms with Crippen molar-refractivity contribution < 1.29 is 0 Å². The predicted molar refractivity (Wildman–Crippen MR) is 105 cm³/mol. The van der Waals surface area contributed by atoms with Gasteiger partial charge in [-0.3, -0.25) is 0 Å². The van der Waals surface area contributed by atoms with E-state index in [9.17, 15) is 5.26 Å². The Morgan fingerprint density at radius 2 is 2.04 bits per heavy atom. The topological polar surface area (TPSA) is 39.1 Å². The summed E-state index contributed by atoms with van der Waals surface area (Å²) in [5.41, 5.74) is 5.06. The minimum atomic E-state index is 0.0916. The Balaban J connectivity index is 1.60. The van der Waals surface area contributed by atoms with Gasteiger partial charge in [-0.25, -0.2) is 0 Å². The largest absolute Gasteiger partial charge is 0.311 e. The van der Waals surface area contributed by atoms with Crippen LogP contribution in [0.3, 0.4) is 0 Å². The number of likely N-dealkylation sites (tertiary alicyclic amines) is 1. The fraction of sp³-hybridized carbons (Fsp3) is 0.435. The van der Waals surface area contributed by atoms with Crippen LogP contribution in [0.25, 0.3) is 0 Å². The minimum Gasteiger partial charge on any atom is -0.311 e. The highest BCUT2D eigenvalue weighted by Crippen LogP contribution is 2.44. The molecule has 0 saturated carbocycles. The van der Waals surface area contributed by atoms with Crippen molar-refractivity contribution in [3.05, 3.63) is 70.8 Å². The SMILES string of the molecule is CN1CC[C@@]2(C)c3cc(C#N)ccc3C[C@@H]1[C@@H]2NCCc1ccccc1. The van der Waals surface area contributed by atoms with Gasteiger partial charge in [0.25, 0.3) is 0 Å². The lowest BCUT2D eigenvalue weighted by molar-refractivity contribution is 0.0664. The first kappa shape index (κ1) is 17.3. The second-order valence-electron chi connectivity index (χ2n) is 8.07. The third-order valence-electron chi connectivity index (χ3n) is 6.53. The molecule has 1 aliphatic heterocycles. The molecule has 3 atom stereocenters. The first-order valence-corrected chi connectivity index (χ1v) is 9.63. The summed E-state index contributed by atoms with van der Waals surface area (Å²) >= 11 is 0. The summed E-state index contributed by atoms with van der Waals surface area (Å²) in [6, 6.07) is 20.3. The molecule has 1 saturated heterocycles. The van der Waals surface area contributed by atoms with Crippen molar-refractivity contribution in [2.24, 2.45) is 0 Å². The van der Waals surface area contributed by atoms with Crippen molar-refractivity contribution in [1.82, 2.24) is 10.2 Å². The van der Waals surface area contributed by atoms with Crippen LogP contribution in [0.5, 0.6) is 0 Å². The fourth-order valence-electron chi connectivity index (χ4n) is 4.94. The van der Waals surface area contributed by atoms with E-state index in [0.717, 1.165) is 37.9 Å². The minimum absolute atomic E-state index is 0.0916. The van der Waals surface area contributed by atoms with Gasteiger partial charge in [0.15, 0.2) is 0 Å². The Hall–Kier alpha value is -2.15. The van der Waals surface area contributed by atoms with Gasteiger partial charge in [-0.1, -0.05) is 43.3 Å². The van der Waals surface area contributed by atoms with Crippen LogP contribution in [-0.2, 0) is 18.3 Å². The Morgan fingerprint density at radius 1 is 1.23 bits per heavy atom. The molecule has 4 rings (SSSR count). The molecule has 134 valence electrons. The molecule has 1 heterocycles. The first-order valence-electron chi connectivity index (χ1n) is 9.63. The Kier molecular flexibility index (Phi) is 4.56. The fourth-order valence-corrected chi connectivity index (χ4v) is 4.94. The molecule has 0 spiro atoms. The van der Waals surface area contributed by atoms with Crippen LogP contribution in [-0.4, -0.2) is 37.1 Å². The molecule has 0 unspecified atom stereocenters. The van der Waals surface area contributed by atoms with Crippen molar-refractivity contribution >= 4 is 0 Å². The van der Waals surface area contributed by atoms with Crippen LogP contribution in [0.2, 0.25) is 0 Å². The molecule has 3 nitrogen and oxygen atoms in total. The lowest BCUT2D eigenvalue weighted by Crippen LogP contribution is -2.66. The van der Waals surface area contributed by atoms with Gasteiger partial charge in [-0.05, 0) is 68.2 Å². The van der Waals surface area contributed by atoms with Crippen LogP contribution >= 0.6 is 0 Å². The summed E-state index contributed by atoms with van der Waals surface area (Å²) in [7, 11) is 2.25. The molecule has 3 heteroatoms. The summed E-state index contributed by atoms with van der Waals surface area (Å²) < 4.78 is 0. The van der Waals surface area contributed by atoms with E-state index in [1.165, 1.54) is 16.7 Å². The second-order valence-corrected chi connectivity index (χ2v) is 8.07. The molecule has 2 aliphatic rings. The zero-order valence-electron chi connectivity index (χ0n) is 15.7. The molecule has 26 heavy (non-hydrogen) atoms. The maximum Gasteiger partial charge on any atom is 0.0991 e. The van der Waals surface area contributed by atoms with Gasteiger partial charge in [0.1, 0.15) is 0 Å².